The standard InChI is InChI=1S/C24H23N3/c1-17-7-11-21(12-8-17)26-23-5-4-14-27-22(16-25-24(23)27)13-10-20-15-18(2)6-9-19(20)3/h4-7,9,11,14-16,26H,8,12H2,1-3H3. The number of hydrogen-bond acceptors (Lipinski definition) is 2. The summed E-state index contributed by atoms with van der Waals surface area (Å²) in [5, 5.41) is 3.53. The SMILES string of the molecule is CC1=CC=C(Nc2cccn3c(C#Cc4cc(C)ccc4C)cnc23)CC1. The minimum absolute atomic E-state index is 0.892. The van der Waals surface area contributed by atoms with Gasteiger partial charge in [-0.1, -0.05) is 29.7 Å². The first-order valence-corrected chi connectivity index (χ1v) is 9.29. The number of nitrogens with zero attached hydrogens (tertiary/aromatic N) is 2. The van der Waals surface area contributed by atoms with Crippen molar-refractivity contribution in [2.75, 3.05) is 5.32 Å². The molecular formula is C24H23N3. The summed E-state index contributed by atoms with van der Waals surface area (Å²) in [5.41, 5.74) is 8.92. The van der Waals surface area contributed by atoms with Gasteiger partial charge < -0.3 is 5.32 Å². The molecule has 0 saturated carbocycles. The molecule has 3 nitrogen and oxygen atoms in total. The Bertz CT molecular complexity index is 1130. The lowest BCUT2D eigenvalue weighted by Gasteiger charge is -2.15. The maximum absolute atomic E-state index is 4.61. The average Bonchev–Trinajstić information content (AvgIpc) is 3.08. The number of pyridine rings is 1. The molecular weight excluding hydrogens is 330 g/mol. The number of rotatable bonds is 2. The van der Waals surface area contributed by atoms with Crippen LogP contribution in [0.15, 0.2) is 66.1 Å². The monoisotopic (exact) mass is 353 g/mol. The summed E-state index contributed by atoms with van der Waals surface area (Å²) >= 11 is 0. The van der Waals surface area contributed by atoms with E-state index in [0.717, 1.165) is 35.4 Å². The van der Waals surface area contributed by atoms with E-state index < -0.39 is 0 Å². The van der Waals surface area contributed by atoms with E-state index in [0.29, 0.717) is 0 Å². The van der Waals surface area contributed by atoms with Crippen molar-refractivity contribution in [2.24, 2.45) is 0 Å². The molecule has 0 unspecified atom stereocenters. The van der Waals surface area contributed by atoms with Crippen LogP contribution in [-0.2, 0) is 0 Å². The van der Waals surface area contributed by atoms with Gasteiger partial charge in [-0.05, 0) is 74.9 Å². The molecule has 0 saturated heterocycles. The average molecular weight is 353 g/mol. The molecule has 0 fully saturated rings. The van der Waals surface area contributed by atoms with Gasteiger partial charge in [-0.2, -0.15) is 0 Å². The molecule has 1 N–H and O–H groups in total. The molecule has 4 rings (SSSR count). The van der Waals surface area contributed by atoms with E-state index in [1.165, 1.54) is 22.4 Å². The first-order chi connectivity index (χ1) is 13.1. The molecule has 1 aliphatic carbocycles. The Hall–Kier alpha value is -3.25. The van der Waals surface area contributed by atoms with Crippen LogP contribution in [0.4, 0.5) is 5.69 Å². The number of aromatic nitrogens is 2. The Morgan fingerprint density at radius 3 is 2.74 bits per heavy atom. The molecule has 134 valence electrons. The second-order valence-electron chi connectivity index (χ2n) is 7.16. The smallest absolute Gasteiger partial charge is 0.161 e. The molecule has 1 aliphatic rings. The lowest BCUT2D eigenvalue weighted by molar-refractivity contribution is 0.910. The highest BCUT2D eigenvalue weighted by molar-refractivity contribution is 5.71. The number of benzene rings is 1. The van der Waals surface area contributed by atoms with Crippen molar-refractivity contribution in [3.05, 3.63) is 88.5 Å². The molecule has 3 heteroatoms. The van der Waals surface area contributed by atoms with Crippen molar-refractivity contribution in [1.82, 2.24) is 9.38 Å². The second-order valence-corrected chi connectivity index (χ2v) is 7.16. The van der Waals surface area contributed by atoms with Crippen LogP contribution < -0.4 is 5.32 Å². The van der Waals surface area contributed by atoms with Gasteiger partial charge in [0.2, 0.25) is 0 Å². The fourth-order valence-electron chi connectivity index (χ4n) is 3.22. The number of imidazole rings is 1. The van der Waals surface area contributed by atoms with Gasteiger partial charge in [0.25, 0.3) is 0 Å². The zero-order valence-corrected chi connectivity index (χ0v) is 16.0. The number of aryl methyl sites for hydroxylation is 2. The van der Waals surface area contributed by atoms with Crippen LogP contribution in [0.2, 0.25) is 0 Å². The van der Waals surface area contributed by atoms with Crippen LogP contribution in [0, 0.1) is 25.7 Å². The third-order valence-corrected chi connectivity index (χ3v) is 4.91. The molecule has 3 aromatic rings. The van der Waals surface area contributed by atoms with E-state index >= 15 is 0 Å². The molecule has 0 spiro atoms. The van der Waals surface area contributed by atoms with Gasteiger partial charge in [-0.3, -0.25) is 4.40 Å². The molecule has 0 atom stereocenters. The first kappa shape index (κ1) is 17.2. The Morgan fingerprint density at radius 2 is 1.93 bits per heavy atom. The van der Waals surface area contributed by atoms with Gasteiger partial charge in [-0.25, -0.2) is 4.98 Å². The number of nitrogens with one attached hydrogen (secondary N) is 1. The predicted molar refractivity (Wildman–Crippen MR) is 112 cm³/mol. The van der Waals surface area contributed by atoms with E-state index in [1.807, 2.05) is 22.9 Å². The molecule has 1 aromatic carbocycles. The van der Waals surface area contributed by atoms with Crippen molar-refractivity contribution in [3.8, 4) is 11.8 Å². The van der Waals surface area contributed by atoms with Crippen LogP contribution in [0.1, 0.15) is 42.1 Å². The van der Waals surface area contributed by atoms with Crippen molar-refractivity contribution in [2.45, 2.75) is 33.6 Å². The lowest BCUT2D eigenvalue weighted by Crippen LogP contribution is -2.04. The third kappa shape index (κ3) is 3.66. The van der Waals surface area contributed by atoms with Crippen LogP contribution in [0.3, 0.4) is 0 Å². The zero-order valence-electron chi connectivity index (χ0n) is 16.0. The van der Waals surface area contributed by atoms with Gasteiger partial charge in [0.05, 0.1) is 11.9 Å². The number of anilines is 1. The lowest BCUT2D eigenvalue weighted by atomic mass is 10.0. The maximum Gasteiger partial charge on any atom is 0.161 e. The molecule has 0 amide bonds. The van der Waals surface area contributed by atoms with Crippen molar-refractivity contribution in [3.63, 3.8) is 0 Å². The highest BCUT2D eigenvalue weighted by Gasteiger charge is 2.09. The van der Waals surface area contributed by atoms with Gasteiger partial charge >= 0.3 is 0 Å². The molecule has 2 heterocycles. The van der Waals surface area contributed by atoms with Crippen molar-refractivity contribution < 1.29 is 0 Å². The van der Waals surface area contributed by atoms with E-state index in [4.69, 9.17) is 0 Å². The summed E-state index contributed by atoms with van der Waals surface area (Å²) in [6.07, 6.45) is 10.3. The minimum Gasteiger partial charge on any atom is -0.356 e. The summed E-state index contributed by atoms with van der Waals surface area (Å²) in [4.78, 5) is 4.61. The zero-order chi connectivity index (χ0) is 18.8. The van der Waals surface area contributed by atoms with Crippen LogP contribution >= 0.6 is 0 Å². The quantitative estimate of drug-likeness (QED) is 0.626. The number of fused-ring (bicyclic) bond motifs is 1. The van der Waals surface area contributed by atoms with Gasteiger partial charge in [0.1, 0.15) is 5.69 Å². The summed E-state index contributed by atoms with van der Waals surface area (Å²) in [7, 11) is 0. The van der Waals surface area contributed by atoms with Gasteiger partial charge in [0, 0.05) is 17.5 Å². The summed E-state index contributed by atoms with van der Waals surface area (Å²) in [6.45, 7) is 6.35. The Morgan fingerprint density at radius 1 is 1.04 bits per heavy atom. The summed E-state index contributed by atoms with van der Waals surface area (Å²) < 4.78 is 2.05. The first-order valence-electron chi connectivity index (χ1n) is 9.29. The molecule has 0 bridgehead atoms. The fourth-order valence-corrected chi connectivity index (χ4v) is 3.22. The van der Waals surface area contributed by atoms with Crippen molar-refractivity contribution in [1.29, 1.82) is 0 Å². The number of hydrogen-bond donors (Lipinski definition) is 1. The Balaban J connectivity index is 1.67. The highest BCUT2D eigenvalue weighted by Crippen LogP contribution is 2.23. The minimum atomic E-state index is 0.892. The van der Waals surface area contributed by atoms with Crippen LogP contribution in [0.5, 0.6) is 0 Å². The van der Waals surface area contributed by atoms with Crippen LogP contribution in [0.25, 0.3) is 5.65 Å². The predicted octanol–water partition coefficient (Wildman–Crippen LogP) is 5.39. The maximum atomic E-state index is 4.61. The second kappa shape index (κ2) is 7.17. The molecule has 27 heavy (non-hydrogen) atoms. The number of allylic oxidation sites excluding steroid dienone is 4. The molecule has 0 radical (unpaired) electrons. The topological polar surface area (TPSA) is 29.3 Å². The molecule has 2 aromatic heterocycles. The van der Waals surface area contributed by atoms with E-state index in [2.05, 4.69) is 79.3 Å². The van der Waals surface area contributed by atoms with Gasteiger partial charge in [-0.15, -0.1) is 0 Å². The fraction of sp³-hybridized carbons (Fsp3) is 0.208. The summed E-state index contributed by atoms with van der Waals surface area (Å²) in [5.74, 6) is 6.59. The van der Waals surface area contributed by atoms with E-state index in [-0.39, 0.29) is 0 Å². The largest absolute Gasteiger partial charge is 0.356 e. The highest BCUT2D eigenvalue weighted by atomic mass is 15.0. The third-order valence-electron chi connectivity index (χ3n) is 4.91. The summed E-state index contributed by atoms with van der Waals surface area (Å²) in [6, 6.07) is 10.5. The Labute approximate surface area is 160 Å². The normalized spacial score (nSPS) is 13.6. The van der Waals surface area contributed by atoms with Crippen molar-refractivity contribution >= 4 is 11.3 Å². The Kier molecular flexibility index (Phi) is 4.56. The van der Waals surface area contributed by atoms with E-state index in [9.17, 15) is 0 Å². The van der Waals surface area contributed by atoms with E-state index in [1.54, 1.807) is 0 Å². The molecule has 0 aliphatic heterocycles. The van der Waals surface area contributed by atoms with Crippen LogP contribution in [-0.4, -0.2) is 9.38 Å². The van der Waals surface area contributed by atoms with Gasteiger partial charge in [0.15, 0.2) is 5.65 Å².